The highest BCUT2D eigenvalue weighted by Crippen LogP contribution is 2.32. The first-order valence-electron chi connectivity index (χ1n) is 11.1. The van der Waals surface area contributed by atoms with Crippen LogP contribution in [0.15, 0.2) is 11.0 Å². The zero-order valence-corrected chi connectivity index (χ0v) is 21.0. The van der Waals surface area contributed by atoms with Gasteiger partial charge in [-0.05, 0) is 32.4 Å². The maximum Gasteiger partial charge on any atom is 0.423 e. The molecular weight excluding hydrogens is 457 g/mol. The van der Waals surface area contributed by atoms with E-state index in [4.69, 9.17) is 9.47 Å². The first kappa shape index (κ1) is 27.3. The number of anilines is 1. The highest BCUT2D eigenvalue weighted by Gasteiger charge is 2.38. The SMILES string of the molecule is COC(=O)C1CCCN(C[C@H](C)Nc2cnn(COCC[Si](C)(C)C)c(=O)c2C(F)(F)F)C1. The molecule has 2 atom stereocenters. The van der Waals surface area contributed by atoms with E-state index in [0.717, 1.165) is 31.6 Å². The van der Waals surface area contributed by atoms with E-state index in [-0.39, 0.29) is 24.3 Å². The van der Waals surface area contributed by atoms with Crippen LogP contribution in [0.1, 0.15) is 25.3 Å². The van der Waals surface area contributed by atoms with Crippen LogP contribution in [0.5, 0.6) is 0 Å². The molecule has 8 nitrogen and oxygen atoms in total. The molecule has 1 aromatic heterocycles. The van der Waals surface area contributed by atoms with Crippen LogP contribution in [0.3, 0.4) is 0 Å². The molecule has 0 saturated carbocycles. The predicted octanol–water partition coefficient (Wildman–Crippen LogP) is 3.26. The summed E-state index contributed by atoms with van der Waals surface area (Å²) in [7, 11) is -0.0174. The molecule has 0 aromatic carbocycles. The largest absolute Gasteiger partial charge is 0.469 e. The van der Waals surface area contributed by atoms with Gasteiger partial charge in [-0.3, -0.25) is 9.59 Å². The number of aromatic nitrogens is 2. The van der Waals surface area contributed by atoms with Crippen LogP contribution >= 0.6 is 0 Å². The molecular formula is C21H35F3N4O4Si. The molecule has 12 heteroatoms. The van der Waals surface area contributed by atoms with Gasteiger partial charge in [-0.1, -0.05) is 19.6 Å². The van der Waals surface area contributed by atoms with E-state index in [1.165, 1.54) is 7.11 Å². The minimum atomic E-state index is -4.84. The Kier molecular flexibility index (Phi) is 9.50. The van der Waals surface area contributed by atoms with Gasteiger partial charge in [0.15, 0.2) is 0 Å². The standard InChI is InChI=1S/C21H35F3N4O4Si/c1-15(12-27-8-6-7-16(13-27)20(30)31-2)26-17-11-25-28(14-32-9-10-33(3,4)5)19(29)18(17)21(22,23)24/h11,15-16,26H,6-10,12-14H2,1-5H3/t15-,16?/m0/s1. The van der Waals surface area contributed by atoms with Gasteiger partial charge in [0.1, 0.15) is 12.3 Å². The average Bonchev–Trinajstić information content (AvgIpc) is 2.70. The Morgan fingerprint density at radius 2 is 2.06 bits per heavy atom. The molecule has 188 valence electrons. The quantitative estimate of drug-likeness (QED) is 0.305. The summed E-state index contributed by atoms with van der Waals surface area (Å²) in [5.41, 5.74) is -2.89. The summed E-state index contributed by atoms with van der Waals surface area (Å²) in [5, 5.41) is 6.67. The number of ether oxygens (including phenoxy) is 2. The third-order valence-electron chi connectivity index (χ3n) is 5.51. The highest BCUT2D eigenvalue weighted by molar-refractivity contribution is 6.76. The Morgan fingerprint density at radius 1 is 1.36 bits per heavy atom. The molecule has 33 heavy (non-hydrogen) atoms. The van der Waals surface area contributed by atoms with Gasteiger partial charge in [-0.2, -0.15) is 18.3 Å². The fourth-order valence-corrected chi connectivity index (χ4v) is 4.53. The fourth-order valence-electron chi connectivity index (χ4n) is 3.77. The van der Waals surface area contributed by atoms with Crippen molar-refractivity contribution in [2.24, 2.45) is 5.92 Å². The second-order valence-corrected chi connectivity index (χ2v) is 15.4. The van der Waals surface area contributed by atoms with Crippen LogP contribution < -0.4 is 10.9 Å². The average molecular weight is 493 g/mol. The Balaban J connectivity index is 2.08. The first-order chi connectivity index (χ1) is 15.3. The number of piperidine rings is 1. The number of alkyl halides is 3. The summed E-state index contributed by atoms with van der Waals surface area (Å²) < 4.78 is 52.1. The Morgan fingerprint density at radius 3 is 2.67 bits per heavy atom. The topological polar surface area (TPSA) is 85.7 Å². The molecule has 0 bridgehead atoms. The lowest BCUT2D eigenvalue weighted by Crippen LogP contribution is -2.44. The van der Waals surface area contributed by atoms with Gasteiger partial charge in [0.2, 0.25) is 0 Å². The van der Waals surface area contributed by atoms with Crippen molar-refractivity contribution in [2.75, 3.05) is 38.7 Å². The second kappa shape index (κ2) is 11.5. The number of likely N-dealkylation sites (tertiary alicyclic amines) is 1. The number of rotatable bonds is 10. The predicted molar refractivity (Wildman–Crippen MR) is 122 cm³/mol. The number of carbonyl (C=O) groups excluding carboxylic acids is 1. The highest BCUT2D eigenvalue weighted by atomic mass is 28.3. The van der Waals surface area contributed by atoms with Gasteiger partial charge in [0.25, 0.3) is 5.56 Å². The summed E-state index contributed by atoms with van der Waals surface area (Å²) in [5.74, 6) is -0.521. The number of halogens is 3. The summed E-state index contributed by atoms with van der Waals surface area (Å²) in [4.78, 5) is 26.4. The molecule has 2 rings (SSSR count). The molecule has 0 spiro atoms. The number of nitrogens with zero attached hydrogens (tertiary/aromatic N) is 3. The zero-order valence-electron chi connectivity index (χ0n) is 20.0. The summed E-state index contributed by atoms with van der Waals surface area (Å²) in [6.45, 7) is 9.87. The van der Waals surface area contributed by atoms with Crippen LogP contribution in [0.4, 0.5) is 18.9 Å². The molecule has 1 aliphatic rings. The second-order valence-electron chi connectivity index (χ2n) is 9.75. The van der Waals surface area contributed by atoms with E-state index >= 15 is 0 Å². The van der Waals surface area contributed by atoms with E-state index in [9.17, 15) is 22.8 Å². The minimum absolute atomic E-state index is 0.242. The molecule has 1 N–H and O–H groups in total. The molecule has 2 heterocycles. The van der Waals surface area contributed by atoms with Crippen LogP contribution in [0, 0.1) is 5.92 Å². The van der Waals surface area contributed by atoms with Crippen LogP contribution in [0.25, 0.3) is 0 Å². The summed E-state index contributed by atoms with van der Waals surface area (Å²) in [6, 6.07) is 0.422. The van der Waals surface area contributed by atoms with E-state index in [1.54, 1.807) is 6.92 Å². The number of hydrogen-bond acceptors (Lipinski definition) is 7. The van der Waals surface area contributed by atoms with Crippen molar-refractivity contribution >= 4 is 19.7 Å². The number of nitrogens with one attached hydrogen (secondary N) is 1. The van der Waals surface area contributed by atoms with E-state index in [1.807, 2.05) is 4.90 Å². The van der Waals surface area contributed by atoms with Crippen LogP contribution in [-0.4, -0.2) is 68.1 Å². The van der Waals surface area contributed by atoms with Crippen molar-refractivity contribution in [3.63, 3.8) is 0 Å². The zero-order chi connectivity index (χ0) is 24.8. The van der Waals surface area contributed by atoms with Gasteiger partial charge in [-0.25, -0.2) is 4.68 Å². The van der Waals surface area contributed by atoms with Crippen molar-refractivity contribution in [2.45, 2.75) is 64.4 Å². The van der Waals surface area contributed by atoms with Crippen LogP contribution in [-0.2, 0) is 27.2 Å². The molecule has 0 radical (unpaired) electrons. The van der Waals surface area contributed by atoms with Gasteiger partial charge < -0.3 is 19.7 Å². The van der Waals surface area contributed by atoms with Crippen molar-refractivity contribution in [3.05, 3.63) is 22.1 Å². The van der Waals surface area contributed by atoms with E-state index in [0.29, 0.717) is 24.4 Å². The lowest BCUT2D eigenvalue weighted by Gasteiger charge is -2.33. The fraction of sp³-hybridized carbons (Fsp3) is 0.762. The molecule has 0 amide bonds. The van der Waals surface area contributed by atoms with Crippen molar-refractivity contribution < 1.29 is 27.4 Å². The van der Waals surface area contributed by atoms with Crippen LogP contribution in [0.2, 0.25) is 25.7 Å². The first-order valence-corrected chi connectivity index (χ1v) is 14.8. The van der Waals surface area contributed by atoms with E-state index < -0.39 is 31.4 Å². The number of hydrogen-bond donors (Lipinski definition) is 1. The molecule has 1 saturated heterocycles. The van der Waals surface area contributed by atoms with Crippen molar-refractivity contribution in [1.29, 1.82) is 0 Å². The number of methoxy groups -OCH3 is 1. The Bertz CT molecular complexity index is 857. The number of carbonyl (C=O) groups is 1. The molecule has 1 unspecified atom stereocenters. The summed E-state index contributed by atoms with van der Waals surface area (Å²) in [6.07, 6.45) is -2.29. The summed E-state index contributed by atoms with van der Waals surface area (Å²) >= 11 is 0. The molecule has 0 aliphatic carbocycles. The Labute approximate surface area is 193 Å². The minimum Gasteiger partial charge on any atom is -0.469 e. The third-order valence-corrected chi connectivity index (χ3v) is 7.22. The third kappa shape index (κ3) is 8.42. The molecule has 1 aromatic rings. The maximum absolute atomic E-state index is 13.7. The van der Waals surface area contributed by atoms with Gasteiger partial charge >= 0.3 is 12.1 Å². The smallest absolute Gasteiger partial charge is 0.423 e. The van der Waals surface area contributed by atoms with Gasteiger partial charge in [0.05, 0.1) is 24.9 Å². The lowest BCUT2D eigenvalue weighted by molar-refractivity contribution is -0.147. The van der Waals surface area contributed by atoms with Gasteiger partial charge in [0, 0.05) is 33.8 Å². The molecule has 1 fully saturated rings. The van der Waals surface area contributed by atoms with E-state index in [2.05, 4.69) is 30.1 Å². The lowest BCUT2D eigenvalue weighted by atomic mass is 9.98. The van der Waals surface area contributed by atoms with Crippen molar-refractivity contribution in [1.82, 2.24) is 14.7 Å². The van der Waals surface area contributed by atoms with Gasteiger partial charge in [-0.15, -0.1) is 0 Å². The molecule has 1 aliphatic heterocycles. The monoisotopic (exact) mass is 492 g/mol. The normalized spacial score (nSPS) is 18.7. The number of esters is 1. The van der Waals surface area contributed by atoms with Crippen molar-refractivity contribution in [3.8, 4) is 0 Å². The maximum atomic E-state index is 13.7. The Hall–Kier alpha value is -1.92.